The minimum Gasteiger partial charge on any atom is -0.353 e. The van der Waals surface area contributed by atoms with Crippen LogP contribution in [0.1, 0.15) is 42.5 Å². The smallest absolute Gasteiger partial charge is 0.253 e. The number of carbonyl (C=O) groups is 2. The van der Waals surface area contributed by atoms with Crippen molar-refractivity contribution in [2.24, 2.45) is 5.92 Å². The first-order chi connectivity index (χ1) is 10.2. The van der Waals surface area contributed by atoms with E-state index in [1.165, 1.54) is 6.42 Å². The molecule has 1 aromatic carbocycles. The first-order valence-corrected chi connectivity index (χ1v) is 7.89. The molecule has 112 valence electrons. The second kappa shape index (κ2) is 6.29. The van der Waals surface area contributed by atoms with Gasteiger partial charge in [-0.2, -0.15) is 0 Å². The highest BCUT2D eigenvalue weighted by Gasteiger charge is 2.29. The van der Waals surface area contributed by atoms with Crippen molar-refractivity contribution >= 4 is 11.8 Å². The van der Waals surface area contributed by atoms with Gasteiger partial charge in [0, 0.05) is 30.6 Å². The van der Waals surface area contributed by atoms with Crippen LogP contribution in [0.2, 0.25) is 0 Å². The van der Waals surface area contributed by atoms with Gasteiger partial charge < -0.3 is 10.2 Å². The van der Waals surface area contributed by atoms with Crippen LogP contribution in [0.25, 0.3) is 0 Å². The molecule has 4 nitrogen and oxygen atoms in total. The molecule has 2 amide bonds. The normalized spacial score (nSPS) is 19.9. The van der Waals surface area contributed by atoms with Gasteiger partial charge >= 0.3 is 0 Å². The zero-order chi connectivity index (χ0) is 14.7. The SMILES string of the molecule is O=C(NC1CCN(C(=O)c2ccccc2)CC1)C1CCC1. The van der Waals surface area contributed by atoms with E-state index in [-0.39, 0.29) is 23.8 Å². The van der Waals surface area contributed by atoms with Gasteiger partial charge in [-0.1, -0.05) is 24.6 Å². The third-order valence-corrected chi connectivity index (χ3v) is 4.63. The van der Waals surface area contributed by atoms with Crippen molar-refractivity contribution in [1.29, 1.82) is 0 Å². The van der Waals surface area contributed by atoms with Crippen LogP contribution in [0.15, 0.2) is 30.3 Å². The maximum absolute atomic E-state index is 12.3. The molecule has 0 bridgehead atoms. The van der Waals surface area contributed by atoms with E-state index in [0.29, 0.717) is 0 Å². The van der Waals surface area contributed by atoms with E-state index >= 15 is 0 Å². The fourth-order valence-electron chi connectivity index (χ4n) is 2.98. The molecule has 0 unspecified atom stereocenters. The fourth-order valence-corrected chi connectivity index (χ4v) is 2.98. The van der Waals surface area contributed by atoms with Crippen molar-refractivity contribution in [2.45, 2.75) is 38.1 Å². The average molecular weight is 286 g/mol. The van der Waals surface area contributed by atoms with Gasteiger partial charge in [-0.25, -0.2) is 0 Å². The monoisotopic (exact) mass is 286 g/mol. The molecular weight excluding hydrogens is 264 g/mol. The molecule has 2 aliphatic rings. The van der Waals surface area contributed by atoms with E-state index in [4.69, 9.17) is 0 Å². The van der Waals surface area contributed by atoms with Gasteiger partial charge in [-0.3, -0.25) is 9.59 Å². The Labute approximate surface area is 125 Å². The third kappa shape index (κ3) is 3.26. The lowest BCUT2D eigenvalue weighted by Crippen LogP contribution is -2.48. The predicted molar refractivity (Wildman–Crippen MR) is 80.9 cm³/mol. The minimum absolute atomic E-state index is 0.0966. The summed E-state index contributed by atoms with van der Waals surface area (Å²) in [5.74, 6) is 0.558. The molecule has 21 heavy (non-hydrogen) atoms. The summed E-state index contributed by atoms with van der Waals surface area (Å²) in [7, 11) is 0. The Kier molecular flexibility index (Phi) is 4.23. The third-order valence-electron chi connectivity index (χ3n) is 4.63. The maximum Gasteiger partial charge on any atom is 0.253 e. The Hall–Kier alpha value is -1.84. The van der Waals surface area contributed by atoms with Gasteiger partial charge in [0.05, 0.1) is 0 Å². The van der Waals surface area contributed by atoms with Crippen molar-refractivity contribution in [3.05, 3.63) is 35.9 Å². The Balaban J connectivity index is 1.48. The van der Waals surface area contributed by atoms with Crippen LogP contribution in [-0.4, -0.2) is 35.8 Å². The van der Waals surface area contributed by atoms with Crippen molar-refractivity contribution < 1.29 is 9.59 Å². The number of hydrogen-bond acceptors (Lipinski definition) is 2. The zero-order valence-corrected chi connectivity index (χ0v) is 12.3. The van der Waals surface area contributed by atoms with E-state index in [1.807, 2.05) is 35.2 Å². The van der Waals surface area contributed by atoms with Crippen LogP contribution >= 0.6 is 0 Å². The molecule has 1 saturated carbocycles. The Morgan fingerprint density at radius 2 is 1.67 bits per heavy atom. The van der Waals surface area contributed by atoms with Crippen molar-refractivity contribution in [1.82, 2.24) is 10.2 Å². The maximum atomic E-state index is 12.3. The quantitative estimate of drug-likeness (QED) is 0.926. The summed E-state index contributed by atoms with van der Waals surface area (Å²) >= 11 is 0. The van der Waals surface area contributed by atoms with Gasteiger partial charge in [-0.15, -0.1) is 0 Å². The summed E-state index contributed by atoms with van der Waals surface area (Å²) in [5, 5.41) is 3.14. The minimum atomic E-state index is 0.0966. The summed E-state index contributed by atoms with van der Waals surface area (Å²) in [6.07, 6.45) is 4.98. The molecule has 1 aromatic rings. The molecule has 0 spiro atoms. The topological polar surface area (TPSA) is 49.4 Å². The second-order valence-corrected chi connectivity index (χ2v) is 6.07. The van der Waals surface area contributed by atoms with Crippen molar-refractivity contribution in [3.63, 3.8) is 0 Å². The summed E-state index contributed by atoms with van der Waals surface area (Å²) in [6.45, 7) is 1.45. The molecule has 1 aliphatic carbocycles. The lowest BCUT2D eigenvalue weighted by molar-refractivity contribution is -0.128. The van der Waals surface area contributed by atoms with Crippen molar-refractivity contribution in [3.8, 4) is 0 Å². The first kappa shape index (κ1) is 14.1. The number of piperidine rings is 1. The number of carbonyl (C=O) groups excluding carboxylic acids is 2. The van der Waals surface area contributed by atoms with Crippen LogP contribution in [-0.2, 0) is 4.79 Å². The predicted octanol–water partition coefficient (Wildman–Crippen LogP) is 2.21. The highest BCUT2D eigenvalue weighted by atomic mass is 16.2. The fraction of sp³-hybridized carbons (Fsp3) is 0.529. The number of nitrogens with zero attached hydrogens (tertiary/aromatic N) is 1. The summed E-state index contributed by atoms with van der Waals surface area (Å²) < 4.78 is 0. The van der Waals surface area contributed by atoms with E-state index in [2.05, 4.69) is 5.32 Å². The Morgan fingerprint density at radius 1 is 1.00 bits per heavy atom. The van der Waals surface area contributed by atoms with Crippen LogP contribution in [0.3, 0.4) is 0 Å². The first-order valence-electron chi connectivity index (χ1n) is 7.89. The molecule has 3 rings (SSSR count). The number of nitrogens with one attached hydrogen (secondary N) is 1. The standard InChI is InChI=1S/C17H22N2O2/c20-16(13-7-4-8-13)18-15-9-11-19(12-10-15)17(21)14-5-2-1-3-6-14/h1-3,5-6,13,15H,4,7-12H2,(H,18,20). The van der Waals surface area contributed by atoms with Gasteiger partial charge in [-0.05, 0) is 37.8 Å². The molecule has 0 aromatic heterocycles. The van der Waals surface area contributed by atoms with Crippen LogP contribution in [0.4, 0.5) is 0 Å². The van der Waals surface area contributed by atoms with Crippen molar-refractivity contribution in [2.75, 3.05) is 13.1 Å². The molecule has 0 radical (unpaired) electrons. The Morgan fingerprint density at radius 3 is 2.24 bits per heavy atom. The number of amides is 2. The van der Waals surface area contributed by atoms with E-state index in [1.54, 1.807) is 0 Å². The summed E-state index contributed by atoms with van der Waals surface area (Å²) in [5.41, 5.74) is 0.745. The van der Waals surface area contributed by atoms with Gasteiger partial charge in [0.2, 0.25) is 5.91 Å². The lowest BCUT2D eigenvalue weighted by atomic mass is 9.84. The number of benzene rings is 1. The average Bonchev–Trinajstić information content (AvgIpc) is 2.46. The van der Waals surface area contributed by atoms with E-state index in [0.717, 1.165) is 44.3 Å². The largest absolute Gasteiger partial charge is 0.353 e. The highest BCUT2D eigenvalue weighted by Crippen LogP contribution is 2.26. The zero-order valence-electron chi connectivity index (χ0n) is 12.3. The molecule has 1 heterocycles. The van der Waals surface area contributed by atoms with Crippen LogP contribution < -0.4 is 5.32 Å². The molecule has 2 fully saturated rings. The lowest BCUT2D eigenvalue weighted by Gasteiger charge is -2.34. The second-order valence-electron chi connectivity index (χ2n) is 6.07. The van der Waals surface area contributed by atoms with E-state index < -0.39 is 0 Å². The molecule has 0 atom stereocenters. The molecule has 1 saturated heterocycles. The van der Waals surface area contributed by atoms with Gasteiger partial charge in [0.1, 0.15) is 0 Å². The summed E-state index contributed by atoms with van der Waals surface area (Å²) in [6, 6.07) is 9.63. The molecule has 1 N–H and O–H groups in total. The number of likely N-dealkylation sites (tertiary alicyclic amines) is 1. The molecular formula is C17H22N2O2. The molecule has 4 heteroatoms. The highest BCUT2D eigenvalue weighted by molar-refractivity contribution is 5.94. The number of rotatable bonds is 3. The van der Waals surface area contributed by atoms with Crippen LogP contribution in [0.5, 0.6) is 0 Å². The number of hydrogen-bond donors (Lipinski definition) is 1. The molecule has 1 aliphatic heterocycles. The van der Waals surface area contributed by atoms with Gasteiger partial charge in [0.15, 0.2) is 0 Å². The van der Waals surface area contributed by atoms with Crippen LogP contribution in [0, 0.1) is 5.92 Å². The van der Waals surface area contributed by atoms with E-state index in [9.17, 15) is 9.59 Å². The summed E-state index contributed by atoms with van der Waals surface area (Å²) in [4.78, 5) is 26.2. The van der Waals surface area contributed by atoms with Gasteiger partial charge in [0.25, 0.3) is 5.91 Å². The Bertz CT molecular complexity index is 503.